The summed E-state index contributed by atoms with van der Waals surface area (Å²) in [5.41, 5.74) is 1.99. The van der Waals surface area contributed by atoms with Crippen molar-refractivity contribution < 1.29 is 23.8 Å². The molecule has 3 aromatic carbocycles. The Morgan fingerprint density at radius 1 is 1.03 bits per heavy atom. The fraction of sp³-hybridized carbons (Fsp3) is 0.355. The molecule has 0 spiro atoms. The van der Waals surface area contributed by atoms with Gasteiger partial charge in [-0.2, -0.15) is 0 Å². The number of amides is 1. The van der Waals surface area contributed by atoms with E-state index in [0.717, 1.165) is 34.1 Å². The minimum Gasteiger partial charge on any atom is -0.489 e. The average molecular weight is 517 g/mol. The predicted octanol–water partition coefficient (Wildman–Crippen LogP) is 5.69. The van der Waals surface area contributed by atoms with Crippen LogP contribution >= 0.6 is 0 Å². The molecule has 1 heterocycles. The van der Waals surface area contributed by atoms with Crippen molar-refractivity contribution in [2.75, 3.05) is 33.4 Å². The first-order valence-electron chi connectivity index (χ1n) is 12.9. The molecule has 7 nitrogen and oxygen atoms in total. The van der Waals surface area contributed by atoms with Gasteiger partial charge in [0, 0.05) is 31.1 Å². The molecule has 1 atom stereocenters. The molecular weight excluding hydrogens is 480 g/mol. The number of benzene rings is 3. The summed E-state index contributed by atoms with van der Waals surface area (Å²) in [6.07, 6.45) is 2.65. The number of hydrogen-bond acceptors (Lipinski definition) is 6. The van der Waals surface area contributed by atoms with Gasteiger partial charge >= 0.3 is 12.1 Å². The van der Waals surface area contributed by atoms with Crippen LogP contribution in [-0.4, -0.2) is 62.0 Å². The normalized spacial score (nSPS) is 15.9. The molecule has 1 amide bonds. The molecule has 1 saturated heterocycles. The zero-order valence-corrected chi connectivity index (χ0v) is 22.5. The summed E-state index contributed by atoms with van der Waals surface area (Å²) in [4.78, 5) is 26.0. The first-order chi connectivity index (χ1) is 18.2. The van der Waals surface area contributed by atoms with Gasteiger partial charge in [0.1, 0.15) is 18.0 Å². The van der Waals surface area contributed by atoms with Gasteiger partial charge in [0.05, 0.1) is 12.7 Å². The molecule has 0 aromatic heterocycles. The van der Waals surface area contributed by atoms with E-state index in [1.54, 1.807) is 17.0 Å². The molecule has 0 aliphatic carbocycles. The van der Waals surface area contributed by atoms with Gasteiger partial charge in [-0.15, -0.1) is 0 Å². The number of nitrogens with zero attached hydrogens (tertiary/aromatic N) is 1. The van der Waals surface area contributed by atoms with Gasteiger partial charge < -0.3 is 24.4 Å². The van der Waals surface area contributed by atoms with Crippen molar-refractivity contribution in [3.05, 3.63) is 83.4 Å². The molecule has 1 unspecified atom stereocenters. The number of rotatable bonds is 8. The third kappa shape index (κ3) is 7.35. The zero-order chi connectivity index (χ0) is 27.1. The van der Waals surface area contributed by atoms with Crippen LogP contribution < -0.4 is 10.1 Å². The van der Waals surface area contributed by atoms with Gasteiger partial charge in [-0.25, -0.2) is 9.59 Å². The highest BCUT2D eigenvalue weighted by molar-refractivity contribution is 5.89. The van der Waals surface area contributed by atoms with Crippen molar-refractivity contribution in [3.63, 3.8) is 0 Å². The summed E-state index contributed by atoms with van der Waals surface area (Å²) in [5.74, 6) is 0.462. The third-order valence-electron chi connectivity index (χ3n) is 6.32. The van der Waals surface area contributed by atoms with E-state index >= 15 is 0 Å². The third-order valence-corrected chi connectivity index (χ3v) is 6.32. The van der Waals surface area contributed by atoms with E-state index < -0.39 is 5.60 Å². The van der Waals surface area contributed by atoms with E-state index in [1.165, 1.54) is 7.11 Å². The molecule has 38 heavy (non-hydrogen) atoms. The number of hydrogen-bond donors (Lipinski definition) is 1. The average Bonchev–Trinajstić information content (AvgIpc) is 3.38. The molecule has 0 bridgehead atoms. The number of likely N-dealkylation sites (tertiary alicyclic amines) is 1. The van der Waals surface area contributed by atoms with Gasteiger partial charge in [-0.05, 0) is 61.9 Å². The molecule has 3 aromatic rings. The molecule has 4 rings (SSSR count). The quantitative estimate of drug-likeness (QED) is 0.388. The van der Waals surface area contributed by atoms with E-state index in [-0.39, 0.29) is 18.1 Å². The second-order valence-electron chi connectivity index (χ2n) is 10.5. The number of fused-ring (bicyclic) bond motifs is 1. The van der Waals surface area contributed by atoms with Crippen LogP contribution in [0.1, 0.15) is 43.1 Å². The van der Waals surface area contributed by atoms with Gasteiger partial charge in [0.25, 0.3) is 0 Å². The number of carbonyl (C=O) groups is 2. The Bertz CT molecular complexity index is 1290. The fourth-order valence-electron chi connectivity index (χ4n) is 4.40. The molecule has 0 radical (unpaired) electrons. The lowest BCUT2D eigenvalue weighted by Crippen LogP contribution is -2.39. The molecule has 1 aliphatic rings. The summed E-state index contributed by atoms with van der Waals surface area (Å²) in [6, 6.07) is 21.6. The SMILES string of the molecule is COC(=O)c1ccc(/C=C(/CNC2CCN(C(=O)OC(C)(C)C)C2)COc2cccc3ccccc23)cc1. The Labute approximate surface area is 224 Å². The summed E-state index contributed by atoms with van der Waals surface area (Å²) >= 11 is 0. The second-order valence-corrected chi connectivity index (χ2v) is 10.5. The summed E-state index contributed by atoms with van der Waals surface area (Å²) in [7, 11) is 1.37. The van der Waals surface area contributed by atoms with Gasteiger partial charge in [0.2, 0.25) is 0 Å². The second kappa shape index (κ2) is 12.1. The lowest BCUT2D eigenvalue weighted by molar-refractivity contribution is 0.0291. The molecule has 1 aliphatic heterocycles. The summed E-state index contributed by atoms with van der Waals surface area (Å²) in [6.45, 7) is 7.87. The molecule has 7 heteroatoms. The van der Waals surface area contributed by atoms with Crippen LogP contribution in [0.25, 0.3) is 16.8 Å². The Kier molecular flexibility index (Phi) is 8.69. The van der Waals surface area contributed by atoms with Crippen LogP contribution in [-0.2, 0) is 9.47 Å². The number of methoxy groups -OCH3 is 1. The van der Waals surface area contributed by atoms with Crippen LogP contribution in [0.2, 0.25) is 0 Å². The lowest BCUT2D eigenvalue weighted by atomic mass is 10.1. The summed E-state index contributed by atoms with van der Waals surface area (Å²) < 4.78 is 16.6. The van der Waals surface area contributed by atoms with Crippen LogP contribution in [0.3, 0.4) is 0 Å². The van der Waals surface area contributed by atoms with Gasteiger partial charge in [0.15, 0.2) is 0 Å². The highest BCUT2D eigenvalue weighted by atomic mass is 16.6. The molecule has 1 N–H and O–H groups in total. The number of esters is 1. The van der Waals surface area contributed by atoms with Crippen molar-refractivity contribution in [2.45, 2.75) is 38.8 Å². The van der Waals surface area contributed by atoms with Crippen LogP contribution in [0.4, 0.5) is 4.79 Å². The Morgan fingerprint density at radius 2 is 1.76 bits per heavy atom. The maximum Gasteiger partial charge on any atom is 0.410 e. The monoisotopic (exact) mass is 516 g/mol. The van der Waals surface area contributed by atoms with E-state index in [4.69, 9.17) is 14.2 Å². The van der Waals surface area contributed by atoms with Gasteiger partial charge in [-0.1, -0.05) is 54.6 Å². The Hall–Kier alpha value is -3.84. The van der Waals surface area contributed by atoms with Crippen LogP contribution in [0, 0.1) is 0 Å². The smallest absolute Gasteiger partial charge is 0.410 e. The van der Waals surface area contributed by atoms with Crippen molar-refractivity contribution in [1.29, 1.82) is 0 Å². The van der Waals surface area contributed by atoms with E-state index in [1.807, 2.05) is 57.2 Å². The first-order valence-corrected chi connectivity index (χ1v) is 12.9. The number of carbonyl (C=O) groups excluding carboxylic acids is 2. The summed E-state index contributed by atoms with van der Waals surface area (Å²) in [5, 5.41) is 5.78. The Balaban J connectivity index is 1.46. The topological polar surface area (TPSA) is 77.1 Å². The molecular formula is C31H36N2O5. The predicted molar refractivity (Wildman–Crippen MR) is 149 cm³/mol. The Morgan fingerprint density at radius 3 is 2.50 bits per heavy atom. The minimum absolute atomic E-state index is 0.158. The van der Waals surface area contributed by atoms with Crippen molar-refractivity contribution >= 4 is 28.9 Å². The zero-order valence-electron chi connectivity index (χ0n) is 22.5. The van der Waals surface area contributed by atoms with Crippen LogP contribution in [0.15, 0.2) is 72.3 Å². The largest absolute Gasteiger partial charge is 0.489 e. The lowest BCUT2D eigenvalue weighted by Gasteiger charge is -2.24. The van der Waals surface area contributed by atoms with E-state index in [0.29, 0.717) is 31.8 Å². The highest BCUT2D eigenvalue weighted by Crippen LogP contribution is 2.26. The minimum atomic E-state index is -0.513. The maximum atomic E-state index is 12.5. The molecule has 1 fully saturated rings. The maximum absolute atomic E-state index is 12.5. The first kappa shape index (κ1) is 27.2. The fourth-order valence-corrected chi connectivity index (χ4v) is 4.40. The van der Waals surface area contributed by atoms with Crippen molar-refractivity contribution in [2.24, 2.45) is 0 Å². The van der Waals surface area contributed by atoms with E-state index in [9.17, 15) is 9.59 Å². The molecule has 0 saturated carbocycles. The number of nitrogens with one attached hydrogen (secondary N) is 1. The standard InChI is InChI=1S/C31H36N2O5/c1-31(2,3)38-30(35)33-17-16-26(20-33)32-19-23(18-22-12-14-25(15-13-22)29(34)36-4)21-37-28-11-7-9-24-8-5-6-10-27(24)28/h5-15,18,26,32H,16-17,19-21H2,1-4H3/b23-18-. The van der Waals surface area contributed by atoms with Crippen LogP contribution in [0.5, 0.6) is 5.75 Å². The van der Waals surface area contributed by atoms with Gasteiger partial charge in [-0.3, -0.25) is 0 Å². The highest BCUT2D eigenvalue weighted by Gasteiger charge is 2.29. The van der Waals surface area contributed by atoms with Crippen molar-refractivity contribution in [1.82, 2.24) is 10.2 Å². The number of ether oxygens (including phenoxy) is 3. The molecule has 200 valence electrons. The van der Waals surface area contributed by atoms with E-state index in [2.05, 4.69) is 29.6 Å². The van der Waals surface area contributed by atoms with Crippen molar-refractivity contribution in [3.8, 4) is 5.75 Å².